The van der Waals surface area contributed by atoms with Gasteiger partial charge in [0.1, 0.15) is 0 Å². The Balaban J connectivity index is 3.01. The van der Waals surface area contributed by atoms with Crippen LogP contribution >= 0.6 is 0 Å². The van der Waals surface area contributed by atoms with Crippen molar-refractivity contribution >= 4 is 0 Å². The SMILES string of the molecule is [CH2]CCCC/C=C/CCCCCCCCCCCCCCCCCCCCC[CH2]. The highest BCUT2D eigenvalue weighted by molar-refractivity contribution is 4.81. The van der Waals surface area contributed by atoms with Crippen LogP contribution in [0.5, 0.6) is 0 Å². The fourth-order valence-electron chi connectivity index (χ4n) is 4.12. The quantitative estimate of drug-likeness (QED) is 0.105. The predicted molar refractivity (Wildman–Crippen MR) is 135 cm³/mol. The molecule has 2 radical (unpaired) electrons. The first-order valence-electron chi connectivity index (χ1n) is 13.6. The van der Waals surface area contributed by atoms with Crippen LogP contribution in [0.3, 0.4) is 0 Å². The number of unbranched alkanes of at least 4 members (excludes halogenated alkanes) is 23. The third kappa shape index (κ3) is 27.7. The lowest BCUT2D eigenvalue weighted by atomic mass is 10.0. The van der Waals surface area contributed by atoms with Crippen molar-refractivity contribution in [3.05, 3.63) is 26.0 Å². The normalized spacial score (nSPS) is 11.7. The van der Waals surface area contributed by atoms with Gasteiger partial charge >= 0.3 is 0 Å². The van der Waals surface area contributed by atoms with Gasteiger partial charge in [0.25, 0.3) is 0 Å². The predicted octanol–water partition coefficient (Wildman–Crippen LogP) is 11.0. The Kier molecular flexibility index (Phi) is 27.5. The molecule has 0 aliphatic heterocycles. The fraction of sp³-hybridized carbons (Fsp3) is 0.862. The number of hydrogen-bond acceptors (Lipinski definition) is 0. The molecular formula is C29H56. The number of hydrogen-bond donors (Lipinski definition) is 0. The zero-order valence-electron chi connectivity index (χ0n) is 20.2. The molecule has 0 bridgehead atoms. The highest BCUT2D eigenvalue weighted by Gasteiger charge is 1.95. The molecule has 0 heteroatoms. The van der Waals surface area contributed by atoms with E-state index in [-0.39, 0.29) is 0 Å². The van der Waals surface area contributed by atoms with Gasteiger partial charge in [0.2, 0.25) is 0 Å². The van der Waals surface area contributed by atoms with E-state index in [9.17, 15) is 0 Å². The Hall–Kier alpha value is -0.260. The van der Waals surface area contributed by atoms with Crippen LogP contribution in [-0.4, -0.2) is 0 Å². The van der Waals surface area contributed by atoms with Crippen LogP contribution in [0.4, 0.5) is 0 Å². The highest BCUT2D eigenvalue weighted by atomic mass is 14.0. The first-order chi connectivity index (χ1) is 14.4. The summed E-state index contributed by atoms with van der Waals surface area (Å²) in [6.07, 6.45) is 39.7. The van der Waals surface area contributed by atoms with Gasteiger partial charge in [0.15, 0.2) is 0 Å². The van der Waals surface area contributed by atoms with Crippen LogP contribution < -0.4 is 0 Å². The van der Waals surface area contributed by atoms with Crippen molar-refractivity contribution in [2.45, 2.75) is 161 Å². The summed E-state index contributed by atoms with van der Waals surface area (Å²) in [6, 6.07) is 0. The topological polar surface area (TPSA) is 0 Å². The van der Waals surface area contributed by atoms with E-state index >= 15 is 0 Å². The van der Waals surface area contributed by atoms with Crippen LogP contribution in [0.15, 0.2) is 12.2 Å². The van der Waals surface area contributed by atoms with Gasteiger partial charge in [-0.05, 0) is 25.7 Å². The molecule has 0 unspecified atom stereocenters. The summed E-state index contributed by atoms with van der Waals surface area (Å²) in [7, 11) is 0. The first kappa shape index (κ1) is 28.7. The molecule has 0 heterocycles. The zero-order valence-corrected chi connectivity index (χ0v) is 20.2. The average molecular weight is 405 g/mol. The summed E-state index contributed by atoms with van der Waals surface area (Å²) in [5, 5.41) is 0. The summed E-state index contributed by atoms with van der Waals surface area (Å²) in [5.41, 5.74) is 0. The minimum Gasteiger partial charge on any atom is -0.0885 e. The molecule has 0 aromatic heterocycles. The minimum absolute atomic E-state index is 1.09. The zero-order chi connectivity index (χ0) is 21.1. The van der Waals surface area contributed by atoms with Gasteiger partial charge in [-0.15, -0.1) is 0 Å². The van der Waals surface area contributed by atoms with Gasteiger partial charge in [-0.1, -0.05) is 161 Å². The summed E-state index contributed by atoms with van der Waals surface area (Å²) < 4.78 is 0. The van der Waals surface area contributed by atoms with E-state index in [4.69, 9.17) is 0 Å². The molecule has 0 N–H and O–H groups in total. The Labute approximate surface area is 186 Å². The van der Waals surface area contributed by atoms with Crippen LogP contribution in [0, 0.1) is 13.8 Å². The van der Waals surface area contributed by atoms with Crippen molar-refractivity contribution < 1.29 is 0 Å². The van der Waals surface area contributed by atoms with Gasteiger partial charge in [-0.3, -0.25) is 0 Å². The second-order valence-corrected chi connectivity index (χ2v) is 9.18. The molecule has 29 heavy (non-hydrogen) atoms. The van der Waals surface area contributed by atoms with E-state index in [1.807, 2.05) is 0 Å². The Morgan fingerprint density at radius 2 is 0.483 bits per heavy atom. The summed E-state index contributed by atoms with van der Waals surface area (Å²) in [6.45, 7) is 7.80. The highest BCUT2D eigenvalue weighted by Crippen LogP contribution is 2.15. The monoisotopic (exact) mass is 404 g/mol. The number of rotatable bonds is 25. The molecule has 0 amide bonds. The Bertz CT molecular complexity index is 290. The summed E-state index contributed by atoms with van der Waals surface area (Å²) in [4.78, 5) is 0. The third-order valence-electron chi connectivity index (χ3n) is 6.16. The van der Waals surface area contributed by atoms with E-state index in [0.29, 0.717) is 0 Å². The Morgan fingerprint density at radius 1 is 0.276 bits per heavy atom. The van der Waals surface area contributed by atoms with Crippen molar-refractivity contribution in [3.8, 4) is 0 Å². The maximum absolute atomic E-state index is 3.91. The van der Waals surface area contributed by atoms with Crippen molar-refractivity contribution in [1.29, 1.82) is 0 Å². The molecule has 0 saturated carbocycles. The van der Waals surface area contributed by atoms with Gasteiger partial charge in [-0.25, -0.2) is 0 Å². The van der Waals surface area contributed by atoms with Crippen LogP contribution in [-0.2, 0) is 0 Å². The van der Waals surface area contributed by atoms with Gasteiger partial charge in [-0.2, -0.15) is 0 Å². The largest absolute Gasteiger partial charge is 0.0885 e. The van der Waals surface area contributed by atoms with Crippen molar-refractivity contribution in [2.24, 2.45) is 0 Å². The Morgan fingerprint density at radius 3 is 0.793 bits per heavy atom. The lowest BCUT2D eigenvalue weighted by Gasteiger charge is -2.04. The van der Waals surface area contributed by atoms with Crippen LogP contribution in [0.25, 0.3) is 0 Å². The van der Waals surface area contributed by atoms with Gasteiger partial charge in [0, 0.05) is 0 Å². The minimum atomic E-state index is 1.09. The van der Waals surface area contributed by atoms with Gasteiger partial charge in [0.05, 0.1) is 0 Å². The molecular weight excluding hydrogens is 348 g/mol. The average Bonchev–Trinajstić information content (AvgIpc) is 2.74. The molecule has 0 aliphatic carbocycles. The van der Waals surface area contributed by atoms with E-state index in [1.165, 1.54) is 148 Å². The molecule has 0 atom stereocenters. The molecule has 0 saturated heterocycles. The lowest BCUT2D eigenvalue weighted by Crippen LogP contribution is -1.84. The van der Waals surface area contributed by atoms with Crippen LogP contribution in [0.2, 0.25) is 0 Å². The van der Waals surface area contributed by atoms with E-state index in [2.05, 4.69) is 26.0 Å². The molecule has 0 aromatic carbocycles. The molecule has 0 aliphatic rings. The van der Waals surface area contributed by atoms with Crippen molar-refractivity contribution in [2.75, 3.05) is 0 Å². The first-order valence-corrected chi connectivity index (χ1v) is 13.6. The maximum Gasteiger partial charge on any atom is -0.0351 e. The number of allylic oxidation sites excluding steroid dienone is 2. The summed E-state index contributed by atoms with van der Waals surface area (Å²) >= 11 is 0. The molecule has 0 spiro atoms. The fourth-order valence-corrected chi connectivity index (χ4v) is 4.12. The summed E-state index contributed by atoms with van der Waals surface area (Å²) in [5.74, 6) is 0. The molecule has 0 aromatic rings. The van der Waals surface area contributed by atoms with Crippen molar-refractivity contribution in [1.82, 2.24) is 0 Å². The second-order valence-electron chi connectivity index (χ2n) is 9.18. The third-order valence-corrected chi connectivity index (χ3v) is 6.16. The lowest BCUT2D eigenvalue weighted by molar-refractivity contribution is 0.522. The molecule has 0 nitrogen and oxygen atoms in total. The second kappa shape index (κ2) is 27.7. The maximum atomic E-state index is 3.91. The van der Waals surface area contributed by atoms with Crippen molar-refractivity contribution in [3.63, 3.8) is 0 Å². The van der Waals surface area contributed by atoms with Crippen LogP contribution in [0.1, 0.15) is 161 Å². The van der Waals surface area contributed by atoms with E-state index < -0.39 is 0 Å². The van der Waals surface area contributed by atoms with E-state index in [1.54, 1.807) is 0 Å². The smallest absolute Gasteiger partial charge is 0.0351 e. The van der Waals surface area contributed by atoms with Gasteiger partial charge < -0.3 is 0 Å². The molecule has 172 valence electrons. The standard InChI is InChI=1S/C29H56/c1-3-5-7-9-11-13-15-17-19-21-23-25-27-29-28-26-24-22-20-18-16-14-12-10-8-6-4-2/h11,13H,1-10,12,14-29H2/b13-11+. The molecule has 0 rings (SSSR count). The van der Waals surface area contributed by atoms with E-state index in [0.717, 1.165) is 12.8 Å². The molecule has 0 fully saturated rings.